The summed E-state index contributed by atoms with van der Waals surface area (Å²) in [6, 6.07) is 20.8. The first-order valence-electron chi connectivity index (χ1n) is 7.14. The van der Waals surface area contributed by atoms with Gasteiger partial charge in [0, 0.05) is 5.54 Å². The number of rotatable bonds is 3. The standard InChI is InChI=1S/C18H22N2S/c1-18(2,3)20-17(21)19-16(14-10-6-4-7-11-14)15-12-8-5-9-13-15/h4-13,16H,1-3H3,(H2,19,20,21). The molecule has 2 nitrogen and oxygen atoms in total. The van der Waals surface area contributed by atoms with Gasteiger partial charge in [-0.1, -0.05) is 60.7 Å². The summed E-state index contributed by atoms with van der Waals surface area (Å²) in [4.78, 5) is 0. The van der Waals surface area contributed by atoms with Gasteiger partial charge in [0.2, 0.25) is 0 Å². The minimum Gasteiger partial charge on any atom is -0.358 e. The van der Waals surface area contributed by atoms with Crippen LogP contribution in [0.2, 0.25) is 0 Å². The summed E-state index contributed by atoms with van der Waals surface area (Å²) < 4.78 is 0. The molecule has 0 aliphatic heterocycles. The van der Waals surface area contributed by atoms with Crippen molar-refractivity contribution in [3.8, 4) is 0 Å². The Labute approximate surface area is 132 Å². The number of nitrogens with one attached hydrogen (secondary N) is 2. The van der Waals surface area contributed by atoms with Crippen LogP contribution in [0.5, 0.6) is 0 Å². The molecule has 0 unspecified atom stereocenters. The minimum atomic E-state index is -0.0536. The van der Waals surface area contributed by atoms with Crippen LogP contribution in [0.4, 0.5) is 0 Å². The topological polar surface area (TPSA) is 24.1 Å². The van der Waals surface area contributed by atoms with Gasteiger partial charge in [-0.25, -0.2) is 0 Å². The second-order valence-corrected chi connectivity index (χ2v) is 6.51. The normalized spacial score (nSPS) is 11.2. The van der Waals surface area contributed by atoms with Crippen molar-refractivity contribution in [1.29, 1.82) is 0 Å². The number of benzene rings is 2. The fourth-order valence-electron chi connectivity index (χ4n) is 2.16. The molecule has 0 amide bonds. The van der Waals surface area contributed by atoms with Gasteiger partial charge >= 0.3 is 0 Å². The van der Waals surface area contributed by atoms with E-state index in [9.17, 15) is 0 Å². The van der Waals surface area contributed by atoms with Gasteiger partial charge in [0.15, 0.2) is 5.11 Å². The summed E-state index contributed by atoms with van der Waals surface area (Å²) in [6.45, 7) is 6.29. The molecule has 2 aromatic rings. The summed E-state index contributed by atoms with van der Waals surface area (Å²) in [5.74, 6) is 0. The predicted molar refractivity (Wildman–Crippen MR) is 93.3 cm³/mol. The van der Waals surface area contributed by atoms with Gasteiger partial charge in [0.05, 0.1) is 6.04 Å². The van der Waals surface area contributed by atoms with Gasteiger partial charge in [0.1, 0.15) is 0 Å². The second kappa shape index (κ2) is 6.72. The monoisotopic (exact) mass is 298 g/mol. The van der Waals surface area contributed by atoms with E-state index < -0.39 is 0 Å². The van der Waals surface area contributed by atoms with Crippen molar-refractivity contribution in [3.63, 3.8) is 0 Å². The lowest BCUT2D eigenvalue weighted by Gasteiger charge is -2.27. The predicted octanol–water partition coefficient (Wildman–Crippen LogP) is 4.04. The molecule has 2 aromatic carbocycles. The molecule has 0 saturated carbocycles. The van der Waals surface area contributed by atoms with Gasteiger partial charge in [-0.05, 0) is 44.1 Å². The molecule has 0 heterocycles. The number of hydrogen-bond acceptors (Lipinski definition) is 1. The molecule has 0 spiro atoms. The Bertz CT molecular complexity index is 534. The lowest BCUT2D eigenvalue weighted by Crippen LogP contribution is -2.47. The summed E-state index contributed by atoms with van der Waals surface area (Å²) >= 11 is 5.46. The molecule has 0 fully saturated rings. The Kier molecular flexibility index (Phi) is 4.97. The molecule has 0 radical (unpaired) electrons. The first kappa shape index (κ1) is 15.5. The van der Waals surface area contributed by atoms with E-state index in [1.165, 1.54) is 11.1 Å². The van der Waals surface area contributed by atoms with Crippen LogP contribution in [-0.2, 0) is 0 Å². The third kappa shape index (κ3) is 4.87. The molecule has 0 aromatic heterocycles. The van der Waals surface area contributed by atoms with Gasteiger partial charge in [0.25, 0.3) is 0 Å². The van der Waals surface area contributed by atoms with Crippen LogP contribution in [0.3, 0.4) is 0 Å². The average Bonchev–Trinajstić information content (AvgIpc) is 2.45. The maximum absolute atomic E-state index is 5.46. The number of hydrogen-bond donors (Lipinski definition) is 2. The van der Waals surface area contributed by atoms with Crippen LogP contribution in [0.1, 0.15) is 37.9 Å². The largest absolute Gasteiger partial charge is 0.358 e. The van der Waals surface area contributed by atoms with Crippen LogP contribution in [0, 0.1) is 0 Å². The highest BCUT2D eigenvalue weighted by Gasteiger charge is 2.17. The molecule has 0 aliphatic carbocycles. The zero-order valence-corrected chi connectivity index (χ0v) is 13.6. The lowest BCUT2D eigenvalue weighted by molar-refractivity contribution is 0.503. The minimum absolute atomic E-state index is 0.0507. The van der Waals surface area contributed by atoms with E-state index in [4.69, 9.17) is 12.2 Å². The molecular formula is C18H22N2S. The second-order valence-electron chi connectivity index (χ2n) is 6.10. The summed E-state index contributed by atoms with van der Waals surface area (Å²) in [5, 5.41) is 7.40. The molecule has 3 heteroatoms. The molecule has 2 N–H and O–H groups in total. The van der Waals surface area contributed by atoms with Gasteiger partial charge < -0.3 is 10.6 Å². The Hall–Kier alpha value is -1.87. The Balaban J connectivity index is 2.24. The van der Waals surface area contributed by atoms with E-state index in [0.29, 0.717) is 5.11 Å². The van der Waals surface area contributed by atoms with E-state index in [1.54, 1.807) is 0 Å². The van der Waals surface area contributed by atoms with Crippen LogP contribution >= 0.6 is 12.2 Å². The molecule has 2 rings (SSSR count). The first-order valence-corrected chi connectivity index (χ1v) is 7.55. The summed E-state index contributed by atoms with van der Waals surface area (Å²) in [7, 11) is 0. The van der Waals surface area contributed by atoms with Crippen molar-refractivity contribution in [3.05, 3.63) is 71.8 Å². The lowest BCUT2D eigenvalue weighted by atomic mass is 9.99. The van der Waals surface area contributed by atoms with Crippen molar-refractivity contribution >= 4 is 17.3 Å². The van der Waals surface area contributed by atoms with Crippen molar-refractivity contribution in [2.75, 3.05) is 0 Å². The zero-order valence-electron chi connectivity index (χ0n) is 12.8. The van der Waals surface area contributed by atoms with Crippen LogP contribution in [-0.4, -0.2) is 10.7 Å². The van der Waals surface area contributed by atoms with Gasteiger partial charge in [-0.2, -0.15) is 0 Å². The van der Waals surface area contributed by atoms with E-state index in [0.717, 1.165) is 0 Å². The van der Waals surface area contributed by atoms with E-state index in [1.807, 2.05) is 36.4 Å². The fraction of sp³-hybridized carbons (Fsp3) is 0.278. The molecule has 0 aliphatic rings. The summed E-state index contributed by atoms with van der Waals surface area (Å²) in [6.07, 6.45) is 0. The average molecular weight is 298 g/mol. The highest BCUT2D eigenvalue weighted by Crippen LogP contribution is 2.21. The highest BCUT2D eigenvalue weighted by atomic mass is 32.1. The van der Waals surface area contributed by atoms with E-state index in [2.05, 4.69) is 55.7 Å². The molecular weight excluding hydrogens is 276 g/mol. The molecule has 21 heavy (non-hydrogen) atoms. The van der Waals surface area contributed by atoms with Gasteiger partial charge in [-0.15, -0.1) is 0 Å². The SMILES string of the molecule is CC(C)(C)NC(=S)NC(c1ccccc1)c1ccccc1. The summed E-state index contributed by atoms with van der Waals surface area (Å²) in [5.41, 5.74) is 2.34. The molecule has 0 saturated heterocycles. The third-order valence-corrected chi connectivity index (χ3v) is 3.25. The fourth-order valence-corrected chi connectivity index (χ4v) is 2.58. The Morgan fingerprint density at radius 1 is 0.857 bits per heavy atom. The van der Waals surface area contributed by atoms with E-state index >= 15 is 0 Å². The van der Waals surface area contributed by atoms with Crippen LogP contribution < -0.4 is 10.6 Å². The van der Waals surface area contributed by atoms with Crippen molar-refractivity contribution in [1.82, 2.24) is 10.6 Å². The zero-order chi connectivity index (χ0) is 15.3. The van der Waals surface area contributed by atoms with Crippen LogP contribution in [0.25, 0.3) is 0 Å². The highest BCUT2D eigenvalue weighted by molar-refractivity contribution is 7.80. The first-order chi connectivity index (χ1) is 9.96. The quantitative estimate of drug-likeness (QED) is 0.836. The van der Waals surface area contributed by atoms with E-state index in [-0.39, 0.29) is 11.6 Å². The molecule has 110 valence electrons. The maximum Gasteiger partial charge on any atom is 0.167 e. The van der Waals surface area contributed by atoms with Crippen molar-refractivity contribution < 1.29 is 0 Å². The van der Waals surface area contributed by atoms with Gasteiger partial charge in [-0.3, -0.25) is 0 Å². The molecule has 0 bridgehead atoms. The van der Waals surface area contributed by atoms with Crippen LogP contribution in [0.15, 0.2) is 60.7 Å². The smallest absolute Gasteiger partial charge is 0.167 e. The van der Waals surface area contributed by atoms with Crippen molar-refractivity contribution in [2.24, 2.45) is 0 Å². The number of thiocarbonyl (C=S) groups is 1. The molecule has 0 atom stereocenters. The third-order valence-electron chi connectivity index (χ3n) is 3.03. The van der Waals surface area contributed by atoms with Crippen molar-refractivity contribution in [2.45, 2.75) is 32.4 Å². The maximum atomic E-state index is 5.46. The Morgan fingerprint density at radius 2 is 1.29 bits per heavy atom. The Morgan fingerprint density at radius 3 is 1.67 bits per heavy atom.